The van der Waals surface area contributed by atoms with E-state index in [0.717, 1.165) is 74.5 Å². The van der Waals surface area contributed by atoms with Crippen LogP contribution in [0.5, 0.6) is 5.75 Å². The summed E-state index contributed by atoms with van der Waals surface area (Å²) in [6.07, 6.45) is 6.71. The molecule has 2 aliphatic rings. The van der Waals surface area contributed by atoms with Crippen LogP contribution in [-0.4, -0.2) is 60.1 Å². The average Bonchev–Trinajstić information content (AvgIpc) is 2.75. The molecular weight excluding hydrogens is 529 g/mol. The second-order valence-corrected chi connectivity index (χ2v) is 9.05. The number of nitrogens with one attached hydrogen (secondary N) is 2. The largest absolute Gasteiger partial charge is 0.496 e. The molecule has 2 N–H and O–H groups in total. The number of hydrogen-bond acceptors (Lipinski definition) is 4. The van der Waals surface area contributed by atoms with Crippen LogP contribution >= 0.6 is 35.6 Å². The van der Waals surface area contributed by atoms with Crippen LogP contribution in [0.15, 0.2) is 23.2 Å². The van der Waals surface area contributed by atoms with Gasteiger partial charge >= 0.3 is 0 Å². The molecule has 1 heterocycles. The van der Waals surface area contributed by atoms with E-state index in [9.17, 15) is 0 Å². The number of guanidine groups is 1. The maximum absolute atomic E-state index is 6.36. The highest BCUT2D eigenvalue weighted by molar-refractivity contribution is 14.0. The standard InChI is InChI=1S/C23H36ClN3O3.HI/c1-25-21(26-16-22(7-4-8-22)9-12-28-2)27-17-23(10-13-30-14-11-23)19-15-18(24)5-6-20(19)29-3;/h5-6,15H,4,7-14,16-17H2,1-3H3,(H2,25,26,27);1H. The Bertz CT molecular complexity index is 722. The molecule has 2 fully saturated rings. The number of halogens is 2. The molecule has 1 aliphatic carbocycles. The zero-order valence-corrected chi connectivity index (χ0v) is 22.1. The molecule has 0 atom stereocenters. The molecule has 31 heavy (non-hydrogen) atoms. The third-order valence-electron chi connectivity index (χ3n) is 6.88. The van der Waals surface area contributed by atoms with Gasteiger partial charge in [-0.3, -0.25) is 4.99 Å². The summed E-state index contributed by atoms with van der Waals surface area (Å²) in [6.45, 7) is 3.93. The van der Waals surface area contributed by atoms with Gasteiger partial charge in [-0.1, -0.05) is 18.0 Å². The second-order valence-electron chi connectivity index (χ2n) is 8.61. The van der Waals surface area contributed by atoms with E-state index in [1.807, 2.05) is 25.2 Å². The van der Waals surface area contributed by atoms with Crippen molar-refractivity contribution in [1.29, 1.82) is 0 Å². The van der Waals surface area contributed by atoms with Crippen molar-refractivity contribution in [2.45, 2.75) is 43.9 Å². The summed E-state index contributed by atoms with van der Waals surface area (Å²) < 4.78 is 16.7. The van der Waals surface area contributed by atoms with Gasteiger partial charge in [0, 0.05) is 63.1 Å². The molecule has 1 saturated heterocycles. The molecule has 0 radical (unpaired) electrons. The van der Waals surface area contributed by atoms with Crippen molar-refractivity contribution in [3.05, 3.63) is 28.8 Å². The summed E-state index contributed by atoms with van der Waals surface area (Å²) >= 11 is 6.36. The van der Waals surface area contributed by atoms with Crippen LogP contribution in [0.25, 0.3) is 0 Å². The molecule has 1 saturated carbocycles. The Kier molecular flexibility index (Phi) is 10.6. The zero-order chi connectivity index (χ0) is 21.5. The number of aliphatic imine (C=N–C) groups is 1. The van der Waals surface area contributed by atoms with E-state index in [1.54, 1.807) is 14.2 Å². The van der Waals surface area contributed by atoms with Crippen LogP contribution in [-0.2, 0) is 14.9 Å². The summed E-state index contributed by atoms with van der Waals surface area (Å²) in [5, 5.41) is 7.87. The molecule has 8 heteroatoms. The van der Waals surface area contributed by atoms with Crippen molar-refractivity contribution in [1.82, 2.24) is 10.6 Å². The molecule has 0 bridgehead atoms. The van der Waals surface area contributed by atoms with Gasteiger partial charge in [0.25, 0.3) is 0 Å². The first kappa shape index (κ1) is 26.5. The Morgan fingerprint density at radius 1 is 1.13 bits per heavy atom. The molecular formula is C23H37ClIN3O3. The Morgan fingerprint density at radius 2 is 1.84 bits per heavy atom. The van der Waals surface area contributed by atoms with Crippen LogP contribution in [0.2, 0.25) is 5.02 Å². The van der Waals surface area contributed by atoms with Gasteiger partial charge in [-0.25, -0.2) is 0 Å². The number of rotatable bonds is 9. The molecule has 1 aliphatic heterocycles. The minimum atomic E-state index is -0.115. The Labute approximate surface area is 208 Å². The van der Waals surface area contributed by atoms with Crippen LogP contribution in [0, 0.1) is 5.41 Å². The summed E-state index contributed by atoms with van der Waals surface area (Å²) in [7, 11) is 5.32. The van der Waals surface area contributed by atoms with Gasteiger partial charge < -0.3 is 24.8 Å². The predicted molar refractivity (Wildman–Crippen MR) is 137 cm³/mol. The lowest BCUT2D eigenvalue weighted by Crippen LogP contribution is -2.51. The fourth-order valence-electron chi connectivity index (χ4n) is 4.65. The van der Waals surface area contributed by atoms with E-state index >= 15 is 0 Å². The second kappa shape index (κ2) is 12.5. The van der Waals surface area contributed by atoms with E-state index in [4.69, 9.17) is 25.8 Å². The van der Waals surface area contributed by atoms with Gasteiger partial charge in [-0.2, -0.15) is 0 Å². The third-order valence-corrected chi connectivity index (χ3v) is 7.12. The normalized spacial score (nSPS) is 19.7. The van der Waals surface area contributed by atoms with Crippen LogP contribution in [0.4, 0.5) is 0 Å². The summed E-state index contributed by atoms with van der Waals surface area (Å²) in [4.78, 5) is 4.47. The summed E-state index contributed by atoms with van der Waals surface area (Å²) in [5.41, 5.74) is 1.36. The smallest absolute Gasteiger partial charge is 0.191 e. The summed E-state index contributed by atoms with van der Waals surface area (Å²) in [6, 6.07) is 5.87. The lowest BCUT2D eigenvalue weighted by molar-refractivity contribution is 0.0504. The van der Waals surface area contributed by atoms with Crippen molar-refractivity contribution >= 4 is 41.5 Å². The van der Waals surface area contributed by atoms with Crippen molar-refractivity contribution < 1.29 is 14.2 Å². The van der Waals surface area contributed by atoms with E-state index in [2.05, 4.69) is 15.6 Å². The molecule has 0 spiro atoms. The molecule has 1 aromatic rings. The minimum Gasteiger partial charge on any atom is -0.496 e. The first-order chi connectivity index (χ1) is 14.6. The maximum atomic E-state index is 6.36. The molecule has 0 aromatic heterocycles. The maximum Gasteiger partial charge on any atom is 0.191 e. The molecule has 0 unspecified atom stereocenters. The highest BCUT2D eigenvalue weighted by Crippen LogP contribution is 2.43. The van der Waals surface area contributed by atoms with Crippen LogP contribution in [0.1, 0.15) is 44.1 Å². The molecule has 176 valence electrons. The van der Waals surface area contributed by atoms with Crippen molar-refractivity contribution in [2.75, 3.05) is 54.2 Å². The minimum absolute atomic E-state index is 0. The third kappa shape index (κ3) is 6.62. The van der Waals surface area contributed by atoms with Crippen LogP contribution in [0.3, 0.4) is 0 Å². The predicted octanol–water partition coefficient (Wildman–Crippen LogP) is 4.39. The molecule has 0 amide bonds. The van der Waals surface area contributed by atoms with Gasteiger partial charge in [0.2, 0.25) is 0 Å². The number of methoxy groups -OCH3 is 2. The first-order valence-corrected chi connectivity index (χ1v) is 11.3. The number of nitrogens with zero attached hydrogens (tertiary/aromatic N) is 1. The quantitative estimate of drug-likeness (QED) is 0.264. The Hall–Kier alpha value is -0.770. The Morgan fingerprint density at radius 3 is 2.42 bits per heavy atom. The van der Waals surface area contributed by atoms with Gasteiger partial charge in [0.05, 0.1) is 7.11 Å². The van der Waals surface area contributed by atoms with Gasteiger partial charge in [-0.05, 0) is 55.7 Å². The Balaban J connectivity index is 0.00000341. The highest BCUT2D eigenvalue weighted by Gasteiger charge is 2.38. The topological polar surface area (TPSA) is 64.1 Å². The average molecular weight is 566 g/mol. The van der Waals surface area contributed by atoms with Crippen molar-refractivity contribution in [3.8, 4) is 5.75 Å². The summed E-state index contributed by atoms with van der Waals surface area (Å²) in [5.74, 6) is 1.71. The molecule has 3 rings (SSSR count). The zero-order valence-electron chi connectivity index (χ0n) is 19.0. The van der Waals surface area contributed by atoms with Gasteiger partial charge in [0.1, 0.15) is 5.75 Å². The molecule has 1 aromatic carbocycles. The molecule has 6 nitrogen and oxygen atoms in total. The number of ether oxygens (including phenoxy) is 3. The monoisotopic (exact) mass is 565 g/mol. The fourth-order valence-corrected chi connectivity index (χ4v) is 4.83. The van der Waals surface area contributed by atoms with Crippen LogP contribution < -0.4 is 15.4 Å². The lowest BCUT2D eigenvalue weighted by atomic mass is 9.67. The van der Waals surface area contributed by atoms with E-state index in [0.29, 0.717) is 5.41 Å². The van der Waals surface area contributed by atoms with E-state index in [1.165, 1.54) is 19.3 Å². The highest BCUT2D eigenvalue weighted by atomic mass is 127. The SMILES string of the molecule is CN=C(NCC1(CCOC)CCC1)NCC1(c2cc(Cl)ccc2OC)CCOCC1.I. The fraction of sp³-hybridized carbons (Fsp3) is 0.696. The van der Waals surface area contributed by atoms with Gasteiger partial charge in [-0.15, -0.1) is 24.0 Å². The van der Waals surface area contributed by atoms with Gasteiger partial charge in [0.15, 0.2) is 5.96 Å². The lowest BCUT2D eigenvalue weighted by Gasteiger charge is -2.43. The van der Waals surface area contributed by atoms with E-state index in [-0.39, 0.29) is 29.4 Å². The number of hydrogen-bond donors (Lipinski definition) is 2. The van der Waals surface area contributed by atoms with Crippen molar-refractivity contribution in [3.63, 3.8) is 0 Å². The van der Waals surface area contributed by atoms with Crippen molar-refractivity contribution in [2.24, 2.45) is 10.4 Å². The van der Waals surface area contributed by atoms with E-state index < -0.39 is 0 Å². The number of benzene rings is 1. The first-order valence-electron chi connectivity index (χ1n) is 10.9.